The van der Waals surface area contributed by atoms with Crippen molar-refractivity contribution in [2.75, 3.05) is 6.79 Å². The number of fused-ring (bicyclic) bond motifs is 1. The third kappa shape index (κ3) is 6.62. The molecule has 1 aliphatic rings. The lowest BCUT2D eigenvalue weighted by Crippen LogP contribution is -2.25. The van der Waals surface area contributed by atoms with Gasteiger partial charge in [0.2, 0.25) is 6.79 Å². The third-order valence-corrected chi connectivity index (χ3v) is 7.97. The normalized spacial score (nSPS) is 12.7. The number of hydrogen-bond acceptors (Lipinski definition) is 4. The lowest BCUT2D eigenvalue weighted by Gasteiger charge is -2.25. The molecule has 46 heavy (non-hydrogen) atoms. The summed E-state index contributed by atoms with van der Waals surface area (Å²) in [5.41, 5.74) is 2.40. The predicted molar refractivity (Wildman–Crippen MR) is 165 cm³/mol. The predicted octanol–water partition coefficient (Wildman–Crippen LogP) is 9.25. The standard InChI is InChI=1S/C36H32F5N3O2/c1-2-3-18-44-29(34(25-10-6-4-7-11-25)42-35(44)26-12-8-5-9-13-26)22-43(20-24-14-17-30-31(19-24)46-23-45-30)21-27-15-16-28(36(39,40)41)33(38)32(27)37/h4-17,19H,2-3,18,20-23H2,1H3. The summed E-state index contributed by atoms with van der Waals surface area (Å²) in [6.07, 6.45) is -3.21. The Morgan fingerprint density at radius 2 is 1.48 bits per heavy atom. The molecule has 6 rings (SSSR count). The van der Waals surface area contributed by atoms with Gasteiger partial charge in [-0.15, -0.1) is 0 Å². The van der Waals surface area contributed by atoms with Crippen molar-refractivity contribution in [2.24, 2.45) is 0 Å². The maximum atomic E-state index is 15.3. The van der Waals surface area contributed by atoms with Crippen LogP contribution in [-0.4, -0.2) is 21.2 Å². The molecule has 0 aliphatic carbocycles. The van der Waals surface area contributed by atoms with Crippen LogP contribution in [-0.2, 0) is 32.4 Å². The summed E-state index contributed by atoms with van der Waals surface area (Å²) >= 11 is 0. The van der Waals surface area contributed by atoms with E-state index in [1.807, 2.05) is 77.7 Å². The van der Waals surface area contributed by atoms with E-state index in [1.54, 1.807) is 6.07 Å². The van der Waals surface area contributed by atoms with Crippen molar-refractivity contribution in [2.45, 2.75) is 52.1 Å². The fraction of sp³-hybridized carbons (Fsp3) is 0.250. The summed E-state index contributed by atoms with van der Waals surface area (Å²) in [6.45, 7) is 3.19. The van der Waals surface area contributed by atoms with Crippen LogP contribution in [0.1, 0.15) is 42.1 Å². The number of ether oxygens (including phenoxy) is 2. The quantitative estimate of drug-likeness (QED) is 0.136. The maximum Gasteiger partial charge on any atom is 0.419 e. The highest BCUT2D eigenvalue weighted by Crippen LogP contribution is 2.36. The number of halogens is 5. The van der Waals surface area contributed by atoms with Crippen molar-refractivity contribution in [1.82, 2.24) is 14.5 Å². The topological polar surface area (TPSA) is 39.5 Å². The summed E-state index contributed by atoms with van der Waals surface area (Å²) in [6, 6.07) is 26.6. The van der Waals surface area contributed by atoms with Crippen molar-refractivity contribution in [3.63, 3.8) is 0 Å². The first kappa shape index (κ1) is 31.3. The van der Waals surface area contributed by atoms with Gasteiger partial charge in [0.05, 0.1) is 17.0 Å². The van der Waals surface area contributed by atoms with Crippen LogP contribution >= 0.6 is 0 Å². The van der Waals surface area contributed by atoms with E-state index >= 15 is 4.39 Å². The molecule has 0 radical (unpaired) electrons. The minimum atomic E-state index is -5.01. The van der Waals surface area contributed by atoms with Crippen molar-refractivity contribution >= 4 is 0 Å². The Bertz CT molecular complexity index is 1810. The molecule has 10 heteroatoms. The molecule has 0 spiro atoms. The zero-order chi connectivity index (χ0) is 32.3. The number of rotatable bonds is 11. The first-order chi connectivity index (χ1) is 22.2. The van der Waals surface area contributed by atoms with Crippen LogP contribution in [0, 0.1) is 11.6 Å². The number of hydrogen-bond donors (Lipinski definition) is 0. The second kappa shape index (κ2) is 13.3. The number of aromatic nitrogens is 2. The number of nitrogens with zero attached hydrogens (tertiary/aromatic N) is 3. The lowest BCUT2D eigenvalue weighted by atomic mass is 10.1. The molecule has 0 amide bonds. The molecule has 238 valence electrons. The molecule has 0 saturated carbocycles. The summed E-state index contributed by atoms with van der Waals surface area (Å²) in [5.74, 6) is -1.48. The van der Waals surface area contributed by atoms with Gasteiger partial charge in [-0.1, -0.05) is 86.1 Å². The third-order valence-electron chi connectivity index (χ3n) is 7.97. The van der Waals surface area contributed by atoms with Gasteiger partial charge in [-0.2, -0.15) is 13.2 Å². The average molecular weight is 634 g/mol. The molecule has 0 N–H and O–H groups in total. The van der Waals surface area contributed by atoms with Crippen molar-refractivity contribution in [3.05, 3.63) is 125 Å². The summed E-state index contributed by atoms with van der Waals surface area (Å²) < 4.78 is 83.2. The van der Waals surface area contributed by atoms with Gasteiger partial charge >= 0.3 is 6.18 Å². The Balaban J connectivity index is 1.46. The molecule has 4 aromatic carbocycles. The van der Waals surface area contributed by atoms with E-state index in [9.17, 15) is 17.6 Å². The van der Waals surface area contributed by atoms with Crippen molar-refractivity contribution < 1.29 is 31.4 Å². The first-order valence-corrected chi connectivity index (χ1v) is 15.1. The van der Waals surface area contributed by atoms with Crippen LogP contribution in [0.5, 0.6) is 11.5 Å². The lowest BCUT2D eigenvalue weighted by molar-refractivity contribution is -0.140. The van der Waals surface area contributed by atoms with E-state index in [4.69, 9.17) is 14.5 Å². The monoisotopic (exact) mass is 633 g/mol. The highest BCUT2D eigenvalue weighted by molar-refractivity contribution is 5.68. The Morgan fingerprint density at radius 1 is 0.783 bits per heavy atom. The Hall–Kier alpha value is -4.70. The molecule has 0 saturated heterocycles. The summed E-state index contributed by atoms with van der Waals surface area (Å²) in [4.78, 5) is 7.01. The molecule has 5 nitrogen and oxygen atoms in total. The highest BCUT2D eigenvalue weighted by Gasteiger charge is 2.36. The maximum absolute atomic E-state index is 15.3. The molecule has 5 aromatic rings. The van der Waals surface area contributed by atoms with Gasteiger partial charge in [0.15, 0.2) is 23.1 Å². The fourth-order valence-corrected chi connectivity index (χ4v) is 5.69. The molecule has 2 heterocycles. The Kier molecular flexibility index (Phi) is 9.08. The van der Waals surface area contributed by atoms with Crippen LogP contribution in [0.2, 0.25) is 0 Å². The number of alkyl halides is 3. The van der Waals surface area contributed by atoms with E-state index in [0.717, 1.165) is 52.8 Å². The number of benzene rings is 4. The van der Waals surface area contributed by atoms with Gasteiger partial charge in [0.1, 0.15) is 5.82 Å². The number of imidazole rings is 1. The minimum Gasteiger partial charge on any atom is -0.454 e. The smallest absolute Gasteiger partial charge is 0.419 e. The SMILES string of the molecule is CCCCn1c(-c2ccccc2)nc(-c2ccccc2)c1CN(Cc1ccc2c(c1)OCO2)Cc1ccc(C(F)(F)F)c(F)c1F. The van der Waals surface area contributed by atoms with Crippen molar-refractivity contribution in [1.29, 1.82) is 0 Å². The van der Waals surface area contributed by atoms with Crippen LogP contribution in [0.15, 0.2) is 91.0 Å². The van der Waals surface area contributed by atoms with Gasteiger partial charge in [-0.3, -0.25) is 4.90 Å². The largest absolute Gasteiger partial charge is 0.454 e. The molecule has 1 aromatic heterocycles. The molecule has 0 fully saturated rings. The van der Waals surface area contributed by atoms with Crippen molar-refractivity contribution in [3.8, 4) is 34.1 Å². The average Bonchev–Trinajstić information content (AvgIpc) is 3.67. The van der Waals surface area contributed by atoms with Crippen LogP contribution in [0.3, 0.4) is 0 Å². The van der Waals surface area contributed by atoms with Gasteiger partial charge in [-0.25, -0.2) is 13.8 Å². The van der Waals surface area contributed by atoms with Gasteiger partial charge in [-0.05, 0) is 30.2 Å². The van der Waals surface area contributed by atoms with E-state index in [1.165, 1.54) is 0 Å². The molecular formula is C36H32F5N3O2. The Labute approximate surface area is 263 Å². The van der Waals surface area contributed by atoms with Gasteiger partial charge < -0.3 is 14.0 Å². The molecular weight excluding hydrogens is 601 g/mol. The first-order valence-electron chi connectivity index (χ1n) is 15.1. The van der Waals surface area contributed by atoms with Gasteiger partial charge in [0.25, 0.3) is 0 Å². The van der Waals surface area contributed by atoms with Crippen LogP contribution in [0.4, 0.5) is 22.0 Å². The fourth-order valence-electron chi connectivity index (χ4n) is 5.69. The second-order valence-electron chi connectivity index (χ2n) is 11.2. The molecule has 0 bridgehead atoms. The van der Waals surface area contributed by atoms with Crippen LogP contribution in [0.25, 0.3) is 22.6 Å². The zero-order valence-electron chi connectivity index (χ0n) is 25.2. The molecule has 0 unspecified atom stereocenters. The van der Waals surface area contributed by atoms with E-state index < -0.39 is 23.4 Å². The highest BCUT2D eigenvalue weighted by atomic mass is 19.4. The van der Waals surface area contributed by atoms with E-state index in [0.29, 0.717) is 24.1 Å². The molecule has 1 aliphatic heterocycles. The van der Waals surface area contributed by atoms with Gasteiger partial charge in [0, 0.05) is 42.9 Å². The zero-order valence-corrected chi connectivity index (χ0v) is 25.2. The summed E-state index contributed by atoms with van der Waals surface area (Å²) in [5, 5.41) is 0. The Morgan fingerprint density at radius 3 is 2.17 bits per heavy atom. The van der Waals surface area contributed by atoms with Crippen LogP contribution < -0.4 is 9.47 Å². The summed E-state index contributed by atoms with van der Waals surface area (Å²) in [7, 11) is 0. The minimum absolute atomic E-state index is 0.0951. The van der Waals surface area contributed by atoms with E-state index in [2.05, 4.69) is 11.5 Å². The molecule has 0 atom stereocenters. The van der Waals surface area contributed by atoms with E-state index in [-0.39, 0.29) is 32.0 Å². The number of unbranched alkanes of at least 4 members (excludes halogenated alkanes) is 1. The second-order valence-corrected chi connectivity index (χ2v) is 11.2.